The van der Waals surface area contributed by atoms with Gasteiger partial charge in [-0.3, -0.25) is 9.67 Å². The van der Waals surface area contributed by atoms with Crippen LogP contribution in [0.3, 0.4) is 0 Å². The minimum Gasteiger partial charge on any atom is -0.352 e. The lowest BCUT2D eigenvalue weighted by Gasteiger charge is -2.15. The average molecular weight is 394 g/mol. The highest BCUT2D eigenvalue weighted by molar-refractivity contribution is 7.98. The molecule has 2 N–H and O–H groups in total. The molecule has 1 heterocycles. The number of hydrogen-bond donors (Lipinski definition) is 2. The number of benzene rings is 2. The molecule has 0 bridgehead atoms. The summed E-state index contributed by atoms with van der Waals surface area (Å²) in [5.74, 6) is 0.793. The van der Waals surface area contributed by atoms with Crippen molar-refractivity contribution in [2.24, 2.45) is 4.99 Å². The fraction of sp³-hybridized carbons (Fsp3) is 0.273. The third-order valence-electron chi connectivity index (χ3n) is 4.57. The highest BCUT2D eigenvalue weighted by Crippen LogP contribution is 2.21. The Morgan fingerprint density at radius 2 is 1.79 bits per heavy atom. The van der Waals surface area contributed by atoms with Gasteiger partial charge in [0.05, 0.1) is 6.54 Å². The molecule has 0 saturated carbocycles. The van der Waals surface area contributed by atoms with Crippen LogP contribution in [-0.4, -0.2) is 29.0 Å². The maximum Gasteiger partial charge on any atom is 0.191 e. The van der Waals surface area contributed by atoms with Gasteiger partial charge in [-0.2, -0.15) is 5.10 Å². The number of aliphatic imine (C=N–C) groups is 1. The van der Waals surface area contributed by atoms with Crippen molar-refractivity contribution in [2.45, 2.75) is 31.5 Å². The first-order valence-corrected chi connectivity index (χ1v) is 10.5. The van der Waals surface area contributed by atoms with Crippen molar-refractivity contribution >= 4 is 17.7 Å². The molecular weight excluding hydrogens is 366 g/mol. The third kappa shape index (κ3) is 5.39. The van der Waals surface area contributed by atoms with Gasteiger partial charge in [-0.05, 0) is 47.6 Å². The predicted octanol–water partition coefficient (Wildman–Crippen LogP) is 3.83. The van der Waals surface area contributed by atoms with Gasteiger partial charge in [0, 0.05) is 37.4 Å². The Morgan fingerprint density at radius 1 is 1.04 bits per heavy atom. The molecule has 0 amide bonds. The lowest BCUT2D eigenvalue weighted by Crippen LogP contribution is -2.36. The lowest BCUT2D eigenvalue weighted by molar-refractivity contribution is 0.677. The van der Waals surface area contributed by atoms with Gasteiger partial charge in [0.25, 0.3) is 0 Å². The maximum absolute atomic E-state index is 4.37. The van der Waals surface area contributed by atoms with Crippen molar-refractivity contribution in [1.82, 2.24) is 20.4 Å². The molecule has 2 aromatic carbocycles. The third-order valence-corrected chi connectivity index (χ3v) is 5.39. The van der Waals surface area contributed by atoms with E-state index in [2.05, 4.69) is 76.4 Å². The van der Waals surface area contributed by atoms with Crippen molar-refractivity contribution in [2.75, 3.05) is 13.3 Å². The molecule has 3 aromatic rings. The number of thioether (sulfide) groups is 1. The maximum atomic E-state index is 4.37. The molecular formula is C22H27N5S. The first kappa shape index (κ1) is 20.0. The molecule has 146 valence electrons. The van der Waals surface area contributed by atoms with E-state index in [4.69, 9.17) is 0 Å². The zero-order valence-corrected chi connectivity index (χ0v) is 17.5. The standard InChI is InChI=1S/C22H27N5S/c1-17-9-10-19(21(13-17)28-3)15-25-22(23-2)24-14-18-7-4-5-8-20(18)16-27-12-6-11-26-27/h4-13H,14-16H2,1-3H3,(H2,23,24,25). The first-order chi connectivity index (χ1) is 13.7. The quantitative estimate of drug-likeness (QED) is 0.364. The van der Waals surface area contributed by atoms with Gasteiger partial charge in [0.15, 0.2) is 5.96 Å². The van der Waals surface area contributed by atoms with Crippen LogP contribution in [0.1, 0.15) is 22.3 Å². The zero-order chi connectivity index (χ0) is 19.8. The number of nitrogens with zero attached hydrogens (tertiary/aromatic N) is 3. The van der Waals surface area contributed by atoms with Crippen LogP contribution in [0.2, 0.25) is 0 Å². The fourth-order valence-electron chi connectivity index (χ4n) is 3.03. The Morgan fingerprint density at radius 3 is 2.46 bits per heavy atom. The number of rotatable bonds is 7. The van der Waals surface area contributed by atoms with E-state index in [1.54, 1.807) is 25.0 Å². The Kier molecular flexibility index (Phi) is 7.14. The molecule has 0 radical (unpaired) electrons. The number of nitrogens with one attached hydrogen (secondary N) is 2. The van der Waals surface area contributed by atoms with E-state index in [1.165, 1.54) is 27.1 Å². The lowest BCUT2D eigenvalue weighted by atomic mass is 10.1. The summed E-state index contributed by atoms with van der Waals surface area (Å²) in [6.45, 7) is 4.33. The van der Waals surface area contributed by atoms with E-state index in [0.717, 1.165) is 19.0 Å². The van der Waals surface area contributed by atoms with Crippen molar-refractivity contribution in [3.8, 4) is 0 Å². The van der Waals surface area contributed by atoms with Gasteiger partial charge in [0.2, 0.25) is 0 Å². The average Bonchev–Trinajstić information content (AvgIpc) is 3.23. The summed E-state index contributed by atoms with van der Waals surface area (Å²) in [6.07, 6.45) is 5.90. The summed E-state index contributed by atoms with van der Waals surface area (Å²) in [4.78, 5) is 5.67. The molecule has 6 heteroatoms. The van der Waals surface area contributed by atoms with Crippen molar-refractivity contribution < 1.29 is 0 Å². The van der Waals surface area contributed by atoms with E-state index in [-0.39, 0.29) is 0 Å². The Balaban J connectivity index is 1.61. The van der Waals surface area contributed by atoms with E-state index in [0.29, 0.717) is 6.54 Å². The van der Waals surface area contributed by atoms with E-state index in [1.807, 2.05) is 16.9 Å². The molecule has 0 aliphatic carbocycles. The van der Waals surface area contributed by atoms with Crippen molar-refractivity contribution in [1.29, 1.82) is 0 Å². The number of aryl methyl sites for hydroxylation is 1. The highest BCUT2D eigenvalue weighted by atomic mass is 32.2. The highest BCUT2D eigenvalue weighted by Gasteiger charge is 2.06. The van der Waals surface area contributed by atoms with Crippen LogP contribution in [0.5, 0.6) is 0 Å². The van der Waals surface area contributed by atoms with Crippen LogP contribution in [0.4, 0.5) is 0 Å². The topological polar surface area (TPSA) is 54.2 Å². The Hall–Kier alpha value is -2.73. The second-order valence-electron chi connectivity index (χ2n) is 6.57. The van der Waals surface area contributed by atoms with Crippen LogP contribution in [0.15, 0.2) is 70.8 Å². The van der Waals surface area contributed by atoms with E-state index in [9.17, 15) is 0 Å². The first-order valence-electron chi connectivity index (χ1n) is 9.32. The number of aromatic nitrogens is 2. The van der Waals surface area contributed by atoms with E-state index < -0.39 is 0 Å². The van der Waals surface area contributed by atoms with Gasteiger partial charge < -0.3 is 10.6 Å². The molecule has 0 saturated heterocycles. The van der Waals surface area contributed by atoms with Gasteiger partial charge in [-0.1, -0.05) is 36.4 Å². The van der Waals surface area contributed by atoms with Gasteiger partial charge in [0.1, 0.15) is 0 Å². The van der Waals surface area contributed by atoms with Gasteiger partial charge in [-0.15, -0.1) is 11.8 Å². The molecule has 0 unspecified atom stereocenters. The van der Waals surface area contributed by atoms with Crippen LogP contribution in [-0.2, 0) is 19.6 Å². The zero-order valence-electron chi connectivity index (χ0n) is 16.6. The second-order valence-corrected chi connectivity index (χ2v) is 7.42. The second kappa shape index (κ2) is 9.99. The van der Waals surface area contributed by atoms with Crippen LogP contribution >= 0.6 is 11.8 Å². The number of guanidine groups is 1. The predicted molar refractivity (Wildman–Crippen MR) is 118 cm³/mol. The summed E-state index contributed by atoms with van der Waals surface area (Å²) >= 11 is 1.77. The molecule has 0 fully saturated rings. The Labute approximate surface area is 171 Å². The molecule has 1 aromatic heterocycles. The molecule has 0 aliphatic heterocycles. The molecule has 3 rings (SSSR count). The normalized spacial score (nSPS) is 11.5. The summed E-state index contributed by atoms with van der Waals surface area (Å²) in [5.41, 5.74) is 5.04. The monoisotopic (exact) mass is 393 g/mol. The van der Waals surface area contributed by atoms with Gasteiger partial charge >= 0.3 is 0 Å². The van der Waals surface area contributed by atoms with Crippen LogP contribution in [0, 0.1) is 6.92 Å². The molecule has 0 atom stereocenters. The summed E-state index contributed by atoms with van der Waals surface area (Å²) < 4.78 is 1.94. The largest absolute Gasteiger partial charge is 0.352 e. The number of hydrogen-bond acceptors (Lipinski definition) is 3. The van der Waals surface area contributed by atoms with Crippen LogP contribution < -0.4 is 10.6 Å². The minimum absolute atomic E-state index is 0.709. The summed E-state index contributed by atoms with van der Waals surface area (Å²) in [6, 6.07) is 16.9. The van der Waals surface area contributed by atoms with E-state index >= 15 is 0 Å². The van der Waals surface area contributed by atoms with Crippen molar-refractivity contribution in [3.63, 3.8) is 0 Å². The summed E-state index contributed by atoms with van der Waals surface area (Å²) in [7, 11) is 1.80. The molecule has 28 heavy (non-hydrogen) atoms. The minimum atomic E-state index is 0.709. The molecule has 5 nitrogen and oxygen atoms in total. The SMILES string of the molecule is CN=C(NCc1ccccc1Cn1cccn1)NCc1ccc(C)cc1SC. The summed E-state index contributed by atoms with van der Waals surface area (Å²) in [5, 5.41) is 11.2. The molecule has 0 aliphatic rings. The smallest absolute Gasteiger partial charge is 0.191 e. The fourth-order valence-corrected chi connectivity index (χ4v) is 3.74. The van der Waals surface area contributed by atoms with Gasteiger partial charge in [-0.25, -0.2) is 0 Å². The Bertz CT molecular complexity index is 918. The van der Waals surface area contributed by atoms with Crippen molar-refractivity contribution in [3.05, 3.63) is 83.2 Å². The van der Waals surface area contributed by atoms with Crippen LogP contribution in [0.25, 0.3) is 0 Å². The molecule has 0 spiro atoms.